The Hall–Kier alpha value is -2.25. The van der Waals surface area contributed by atoms with Crippen molar-refractivity contribution in [3.05, 3.63) is 89.4 Å². The van der Waals surface area contributed by atoms with Gasteiger partial charge in [0.15, 0.2) is 11.5 Å². The predicted molar refractivity (Wildman–Crippen MR) is 147 cm³/mol. The van der Waals surface area contributed by atoms with Gasteiger partial charge in [-0.2, -0.15) is 5.26 Å². The zero-order valence-corrected chi connectivity index (χ0v) is 23.1. The maximum Gasteiger partial charge on any atom is 0.266 e. The summed E-state index contributed by atoms with van der Waals surface area (Å²) >= 11 is 17.7. The maximum atomic E-state index is 12.7. The first-order chi connectivity index (χ1) is 16.3. The number of benzene rings is 3. The Morgan fingerprint density at radius 1 is 1.18 bits per heavy atom. The molecule has 174 valence electrons. The van der Waals surface area contributed by atoms with Crippen LogP contribution in [0.2, 0.25) is 10.0 Å². The van der Waals surface area contributed by atoms with Gasteiger partial charge in [-0.1, -0.05) is 57.3 Å². The number of nitrogens with one attached hydrogen (secondary N) is 1. The molecule has 0 heterocycles. The van der Waals surface area contributed by atoms with E-state index in [0.717, 1.165) is 13.6 Å². The molecule has 0 aliphatic carbocycles. The van der Waals surface area contributed by atoms with Crippen LogP contribution in [0.25, 0.3) is 6.08 Å². The van der Waals surface area contributed by atoms with Crippen LogP contribution >= 0.6 is 61.7 Å². The fourth-order valence-electron chi connectivity index (χ4n) is 2.92. The molecule has 3 aromatic rings. The molecule has 3 rings (SSSR count). The standard InChI is InChI=1S/C25H18BrCl2IN2O3/c1-2-33-22-12-16(11-20(29)24(22)34-14-15-6-8-18(26)9-7-15)10-17(13-30)25(32)31-21-5-3-4-19(27)23(21)28/h3-12H,2,14H2,1H3,(H,31,32)/b17-10-. The summed E-state index contributed by atoms with van der Waals surface area (Å²) in [5.74, 6) is 0.514. The van der Waals surface area contributed by atoms with Crippen LogP contribution in [0.1, 0.15) is 18.1 Å². The molecular weight excluding hydrogens is 654 g/mol. The van der Waals surface area contributed by atoms with Crippen molar-refractivity contribution < 1.29 is 14.3 Å². The Bertz CT molecular complexity index is 1270. The molecule has 0 atom stereocenters. The second-order valence-corrected chi connectivity index (χ2v) is 9.77. The first-order valence-corrected chi connectivity index (χ1v) is 12.7. The summed E-state index contributed by atoms with van der Waals surface area (Å²) in [6.07, 6.45) is 1.48. The number of nitriles is 1. The first-order valence-electron chi connectivity index (χ1n) is 10.0. The fourth-order valence-corrected chi connectivity index (χ4v) is 4.31. The van der Waals surface area contributed by atoms with Crippen LogP contribution in [0.3, 0.4) is 0 Å². The number of anilines is 1. The lowest BCUT2D eigenvalue weighted by molar-refractivity contribution is -0.112. The summed E-state index contributed by atoms with van der Waals surface area (Å²) in [4.78, 5) is 12.7. The van der Waals surface area contributed by atoms with Gasteiger partial charge in [-0.3, -0.25) is 4.79 Å². The lowest BCUT2D eigenvalue weighted by Crippen LogP contribution is -2.13. The van der Waals surface area contributed by atoms with E-state index in [0.29, 0.717) is 41.0 Å². The van der Waals surface area contributed by atoms with Crippen molar-refractivity contribution in [1.82, 2.24) is 0 Å². The van der Waals surface area contributed by atoms with E-state index in [1.807, 2.05) is 43.3 Å². The molecule has 0 saturated heterocycles. The number of ether oxygens (including phenoxy) is 2. The number of carbonyl (C=O) groups is 1. The Balaban J connectivity index is 1.86. The van der Waals surface area contributed by atoms with Crippen molar-refractivity contribution in [2.75, 3.05) is 11.9 Å². The monoisotopic (exact) mass is 670 g/mol. The highest BCUT2D eigenvalue weighted by Crippen LogP contribution is 2.36. The number of hydrogen-bond donors (Lipinski definition) is 1. The van der Waals surface area contributed by atoms with E-state index in [1.165, 1.54) is 6.08 Å². The van der Waals surface area contributed by atoms with Crippen molar-refractivity contribution in [2.45, 2.75) is 13.5 Å². The molecule has 1 N–H and O–H groups in total. The molecule has 0 fully saturated rings. The van der Waals surface area contributed by atoms with Gasteiger partial charge in [-0.25, -0.2) is 0 Å². The molecule has 0 unspecified atom stereocenters. The largest absolute Gasteiger partial charge is 0.490 e. The van der Waals surface area contributed by atoms with E-state index < -0.39 is 5.91 Å². The van der Waals surface area contributed by atoms with Gasteiger partial charge in [0.2, 0.25) is 0 Å². The summed E-state index contributed by atoms with van der Waals surface area (Å²) in [7, 11) is 0. The quantitative estimate of drug-likeness (QED) is 0.150. The molecule has 3 aromatic carbocycles. The van der Waals surface area contributed by atoms with E-state index in [9.17, 15) is 10.1 Å². The molecule has 5 nitrogen and oxygen atoms in total. The molecular formula is C25H18BrCl2IN2O3. The number of rotatable bonds is 8. The first kappa shape index (κ1) is 26.4. The van der Waals surface area contributed by atoms with Gasteiger partial charge in [-0.15, -0.1) is 0 Å². The van der Waals surface area contributed by atoms with Crippen molar-refractivity contribution in [1.29, 1.82) is 5.26 Å². The molecule has 1 amide bonds. The molecule has 9 heteroatoms. The number of halogens is 4. The van der Waals surface area contributed by atoms with Gasteiger partial charge in [0.05, 0.1) is 25.9 Å². The Kier molecular flexibility index (Phi) is 9.65. The lowest BCUT2D eigenvalue weighted by atomic mass is 10.1. The molecule has 0 saturated carbocycles. The topological polar surface area (TPSA) is 71.3 Å². The Morgan fingerprint density at radius 2 is 1.91 bits per heavy atom. The molecule has 0 spiro atoms. The van der Waals surface area contributed by atoms with Crippen molar-refractivity contribution in [2.24, 2.45) is 0 Å². The zero-order chi connectivity index (χ0) is 24.7. The average Bonchev–Trinajstić information content (AvgIpc) is 2.81. The normalized spacial score (nSPS) is 11.0. The van der Waals surface area contributed by atoms with Crippen LogP contribution in [0.5, 0.6) is 11.5 Å². The highest BCUT2D eigenvalue weighted by Gasteiger charge is 2.16. The molecule has 0 aliphatic rings. The summed E-state index contributed by atoms with van der Waals surface area (Å²) in [6.45, 7) is 2.66. The van der Waals surface area contributed by atoms with Crippen LogP contribution in [0, 0.1) is 14.9 Å². The molecule has 0 aliphatic heterocycles. The Morgan fingerprint density at radius 3 is 2.59 bits per heavy atom. The minimum atomic E-state index is -0.602. The third kappa shape index (κ3) is 6.89. The molecule has 34 heavy (non-hydrogen) atoms. The van der Waals surface area contributed by atoms with Crippen LogP contribution in [-0.2, 0) is 11.4 Å². The van der Waals surface area contributed by atoms with Crippen LogP contribution in [0.15, 0.2) is 64.6 Å². The fraction of sp³-hybridized carbons (Fsp3) is 0.120. The molecule has 0 bridgehead atoms. The van der Waals surface area contributed by atoms with Gasteiger partial charge in [0.25, 0.3) is 5.91 Å². The van der Waals surface area contributed by atoms with E-state index >= 15 is 0 Å². The second-order valence-electron chi connectivity index (χ2n) is 6.90. The summed E-state index contributed by atoms with van der Waals surface area (Å²) < 4.78 is 13.6. The van der Waals surface area contributed by atoms with Crippen molar-refractivity contribution >= 4 is 79.4 Å². The summed E-state index contributed by atoms with van der Waals surface area (Å²) in [6, 6.07) is 18.2. The van der Waals surface area contributed by atoms with Crippen LogP contribution in [-0.4, -0.2) is 12.5 Å². The van der Waals surface area contributed by atoms with Gasteiger partial charge in [-0.05, 0) is 83.1 Å². The van der Waals surface area contributed by atoms with Crippen LogP contribution < -0.4 is 14.8 Å². The molecule has 0 radical (unpaired) electrons. The number of nitrogens with zero attached hydrogens (tertiary/aromatic N) is 1. The van der Waals surface area contributed by atoms with E-state index in [4.69, 9.17) is 32.7 Å². The second kappa shape index (κ2) is 12.5. The molecule has 0 aromatic heterocycles. The van der Waals surface area contributed by atoms with E-state index in [-0.39, 0.29) is 10.6 Å². The third-order valence-corrected chi connectivity index (χ3v) is 6.65. The van der Waals surface area contributed by atoms with Gasteiger partial charge < -0.3 is 14.8 Å². The van der Waals surface area contributed by atoms with Crippen LogP contribution in [0.4, 0.5) is 5.69 Å². The van der Waals surface area contributed by atoms with E-state index in [1.54, 1.807) is 24.3 Å². The summed E-state index contributed by atoms with van der Waals surface area (Å²) in [5.41, 5.74) is 1.85. The predicted octanol–water partition coefficient (Wildman–Crippen LogP) is 7.88. The highest BCUT2D eigenvalue weighted by molar-refractivity contribution is 14.1. The Labute approximate surface area is 229 Å². The SMILES string of the molecule is CCOc1cc(/C=C(/C#N)C(=O)Nc2cccc(Cl)c2Cl)cc(I)c1OCc1ccc(Br)cc1. The van der Waals surface area contributed by atoms with Crippen molar-refractivity contribution in [3.63, 3.8) is 0 Å². The van der Waals surface area contributed by atoms with Crippen molar-refractivity contribution in [3.8, 4) is 17.6 Å². The highest BCUT2D eigenvalue weighted by atomic mass is 127. The minimum absolute atomic E-state index is 0.0992. The summed E-state index contributed by atoms with van der Waals surface area (Å²) in [5, 5.41) is 12.7. The zero-order valence-electron chi connectivity index (χ0n) is 17.9. The van der Waals surface area contributed by atoms with Gasteiger partial charge >= 0.3 is 0 Å². The van der Waals surface area contributed by atoms with E-state index in [2.05, 4.69) is 43.8 Å². The number of hydrogen-bond acceptors (Lipinski definition) is 4. The number of amides is 1. The average molecular weight is 672 g/mol. The van der Waals surface area contributed by atoms with Gasteiger partial charge in [0.1, 0.15) is 18.2 Å². The third-order valence-electron chi connectivity index (χ3n) is 4.50. The maximum absolute atomic E-state index is 12.7. The lowest BCUT2D eigenvalue weighted by Gasteiger charge is -2.15. The number of carbonyl (C=O) groups excluding carboxylic acids is 1. The smallest absolute Gasteiger partial charge is 0.266 e. The van der Waals surface area contributed by atoms with Gasteiger partial charge in [0, 0.05) is 4.47 Å². The minimum Gasteiger partial charge on any atom is -0.490 e.